The molecule has 2 heterocycles. The summed E-state index contributed by atoms with van der Waals surface area (Å²) >= 11 is 0. The van der Waals surface area contributed by atoms with Crippen LogP contribution in [0.15, 0.2) is 48.7 Å². The number of methoxy groups -OCH3 is 1. The number of amides is 1. The Balaban J connectivity index is 1.83. The Morgan fingerprint density at radius 2 is 2.04 bits per heavy atom. The van der Waals surface area contributed by atoms with Gasteiger partial charge in [-0.2, -0.15) is 13.2 Å². The van der Waals surface area contributed by atoms with Crippen molar-refractivity contribution in [3.8, 4) is 5.75 Å². The second kappa shape index (κ2) is 7.30. The minimum Gasteiger partial charge on any atom is -0.497 e. The van der Waals surface area contributed by atoms with Crippen LogP contribution in [0.4, 0.5) is 13.2 Å². The van der Waals surface area contributed by atoms with Gasteiger partial charge in [0, 0.05) is 29.7 Å². The highest BCUT2D eigenvalue weighted by molar-refractivity contribution is 5.94. The van der Waals surface area contributed by atoms with E-state index in [0.717, 1.165) is 10.6 Å². The van der Waals surface area contributed by atoms with Crippen molar-refractivity contribution < 1.29 is 22.7 Å². The Hall–Kier alpha value is -3.03. The van der Waals surface area contributed by atoms with Crippen molar-refractivity contribution >= 4 is 16.9 Å². The van der Waals surface area contributed by atoms with Gasteiger partial charge in [0.1, 0.15) is 17.1 Å². The van der Waals surface area contributed by atoms with E-state index in [2.05, 4.69) is 10.3 Å². The van der Waals surface area contributed by atoms with Crippen molar-refractivity contribution in [3.63, 3.8) is 0 Å². The molecule has 0 saturated heterocycles. The lowest BCUT2D eigenvalue weighted by molar-refractivity contribution is -0.143. The van der Waals surface area contributed by atoms with Gasteiger partial charge in [0.15, 0.2) is 0 Å². The van der Waals surface area contributed by atoms with Crippen LogP contribution in [0, 0.1) is 0 Å². The number of carbonyl (C=O) groups is 1. The van der Waals surface area contributed by atoms with Crippen LogP contribution in [0.3, 0.4) is 0 Å². The number of fused-ring (bicyclic) bond motifs is 1. The van der Waals surface area contributed by atoms with Gasteiger partial charge in [-0.15, -0.1) is 0 Å². The van der Waals surface area contributed by atoms with Crippen LogP contribution < -0.4 is 10.1 Å². The topological polar surface area (TPSA) is 56.1 Å². The number of alkyl halides is 3. The molecule has 8 heteroatoms. The van der Waals surface area contributed by atoms with Gasteiger partial charge in [-0.25, -0.2) is 4.98 Å². The number of pyridine rings is 1. The average molecular weight is 377 g/mol. The average Bonchev–Trinajstić information content (AvgIpc) is 3.00. The van der Waals surface area contributed by atoms with Crippen molar-refractivity contribution in [1.82, 2.24) is 14.9 Å². The van der Waals surface area contributed by atoms with Crippen molar-refractivity contribution in [2.45, 2.75) is 25.7 Å². The highest BCUT2D eigenvalue weighted by atomic mass is 19.4. The predicted octanol–water partition coefficient (Wildman–Crippen LogP) is 3.88. The van der Waals surface area contributed by atoms with Crippen LogP contribution in [0.1, 0.15) is 23.0 Å². The number of ether oxygens (including phenoxy) is 1. The summed E-state index contributed by atoms with van der Waals surface area (Å²) in [5.74, 6) is 0.134. The molecular formula is C19H18F3N3O2. The van der Waals surface area contributed by atoms with Crippen molar-refractivity contribution in [1.29, 1.82) is 0 Å². The predicted molar refractivity (Wildman–Crippen MR) is 94.7 cm³/mol. The molecule has 3 rings (SSSR count). The van der Waals surface area contributed by atoms with Gasteiger partial charge in [0.05, 0.1) is 7.11 Å². The first kappa shape index (κ1) is 18.8. The van der Waals surface area contributed by atoms with Gasteiger partial charge in [-0.1, -0.05) is 6.07 Å². The highest BCUT2D eigenvalue weighted by Gasteiger charge is 2.36. The van der Waals surface area contributed by atoms with Crippen LogP contribution in [-0.2, 0) is 12.7 Å². The maximum atomic E-state index is 13.4. The number of aromatic nitrogens is 2. The number of carbonyl (C=O) groups excluding carboxylic acids is 1. The standard InChI is InChI=1S/C19H18F3N3O2/c1-12(24-18(26)14-5-3-7-15(9-14)27-2)11-25-16(19(20,21)22)10-13-6-4-8-23-17(13)25/h3-10,12H,11H2,1-2H3,(H,24,26)/t12-/m1/s1. The van der Waals surface area contributed by atoms with Crippen LogP contribution in [0.5, 0.6) is 5.75 Å². The van der Waals surface area contributed by atoms with Gasteiger partial charge in [0.2, 0.25) is 0 Å². The Morgan fingerprint density at radius 3 is 2.74 bits per heavy atom. The molecule has 0 aliphatic rings. The van der Waals surface area contributed by atoms with E-state index in [9.17, 15) is 18.0 Å². The van der Waals surface area contributed by atoms with Crippen molar-refractivity contribution in [2.75, 3.05) is 7.11 Å². The third kappa shape index (κ3) is 4.05. The number of halogens is 3. The van der Waals surface area contributed by atoms with Gasteiger partial charge in [0.25, 0.3) is 5.91 Å². The molecule has 0 aliphatic carbocycles. The number of nitrogens with one attached hydrogen (secondary N) is 1. The summed E-state index contributed by atoms with van der Waals surface area (Å²) in [6.45, 7) is 1.58. The number of nitrogens with zero attached hydrogens (tertiary/aromatic N) is 2. The molecule has 0 radical (unpaired) electrons. The largest absolute Gasteiger partial charge is 0.497 e. The lowest BCUT2D eigenvalue weighted by Crippen LogP contribution is -2.36. The zero-order valence-electron chi connectivity index (χ0n) is 14.7. The van der Waals surface area contributed by atoms with Gasteiger partial charge in [-0.3, -0.25) is 4.79 Å². The fourth-order valence-corrected chi connectivity index (χ4v) is 2.90. The summed E-state index contributed by atoms with van der Waals surface area (Å²) in [7, 11) is 1.49. The summed E-state index contributed by atoms with van der Waals surface area (Å²) in [6, 6.07) is 10.2. The van der Waals surface area contributed by atoms with Crippen LogP contribution in [-0.4, -0.2) is 28.6 Å². The maximum absolute atomic E-state index is 13.4. The molecular weight excluding hydrogens is 359 g/mol. The van der Waals surface area contributed by atoms with E-state index in [1.165, 1.54) is 13.3 Å². The van der Waals surface area contributed by atoms with E-state index in [-0.39, 0.29) is 18.1 Å². The minimum atomic E-state index is -4.52. The van der Waals surface area contributed by atoms with E-state index in [4.69, 9.17) is 4.74 Å². The molecule has 0 unspecified atom stereocenters. The van der Waals surface area contributed by atoms with Gasteiger partial charge >= 0.3 is 6.18 Å². The fraction of sp³-hybridized carbons (Fsp3) is 0.263. The smallest absolute Gasteiger partial charge is 0.431 e. The first-order valence-corrected chi connectivity index (χ1v) is 8.26. The van der Waals surface area contributed by atoms with E-state index in [1.807, 2.05) is 0 Å². The normalized spacial score (nSPS) is 12.8. The maximum Gasteiger partial charge on any atom is 0.431 e. The van der Waals surface area contributed by atoms with Crippen LogP contribution in [0.2, 0.25) is 0 Å². The Morgan fingerprint density at radius 1 is 1.26 bits per heavy atom. The molecule has 142 valence electrons. The summed E-state index contributed by atoms with van der Waals surface area (Å²) < 4.78 is 46.4. The van der Waals surface area contributed by atoms with E-state index < -0.39 is 17.9 Å². The molecule has 2 aromatic heterocycles. The van der Waals surface area contributed by atoms with Gasteiger partial charge < -0.3 is 14.6 Å². The number of benzene rings is 1. The molecule has 27 heavy (non-hydrogen) atoms. The van der Waals surface area contributed by atoms with Crippen LogP contribution in [0.25, 0.3) is 11.0 Å². The summed E-state index contributed by atoms with van der Waals surface area (Å²) in [5, 5.41) is 3.12. The molecule has 1 N–H and O–H groups in total. The fourth-order valence-electron chi connectivity index (χ4n) is 2.90. The molecule has 1 aromatic carbocycles. The molecule has 0 saturated carbocycles. The molecule has 3 aromatic rings. The zero-order valence-corrected chi connectivity index (χ0v) is 14.7. The highest BCUT2D eigenvalue weighted by Crippen LogP contribution is 2.33. The first-order chi connectivity index (χ1) is 12.8. The SMILES string of the molecule is COc1cccc(C(=O)N[C@H](C)Cn2c(C(F)(F)F)cc3cccnc32)c1. The quantitative estimate of drug-likeness (QED) is 0.734. The molecule has 1 amide bonds. The molecule has 0 fully saturated rings. The van der Waals surface area contributed by atoms with Crippen LogP contribution >= 0.6 is 0 Å². The second-order valence-electron chi connectivity index (χ2n) is 6.16. The summed E-state index contributed by atoms with van der Waals surface area (Å²) in [6.07, 6.45) is -3.07. The minimum absolute atomic E-state index is 0.0644. The van der Waals surface area contributed by atoms with E-state index in [1.54, 1.807) is 43.3 Å². The summed E-state index contributed by atoms with van der Waals surface area (Å²) in [5.41, 5.74) is -0.196. The Bertz CT molecular complexity index is 966. The Kier molecular flexibility index (Phi) is 5.07. The molecule has 5 nitrogen and oxygen atoms in total. The molecule has 0 aliphatic heterocycles. The lowest BCUT2D eigenvalue weighted by atomic mass is 10.2. The lowest BCUT2D eigenvalue weighted by Gasteiger charge is -2.18. The van der Waals surface area contributed by atoms with Crippen molar-refractivity contribution in [2.24, 2.45) is 0 Å². The number of hydrogen-bond donors (Lipinski definition) is 1. The molecule has 0 bridgehead atoms. The first-order valence-electron chi connectivity index (χ1n) is 8.26. The van der Waals surface area contributed by atoms with E-state index >= 15 is 0 Å². The third-order valence-electron chi connectivity index (χ3n) is 4.11. The number of hydrogen-bond acceptors (Lipinski definition) is 3. The molecule has 1 atom stereocenters. The summed E-state index contributed by atoms with van der Waals surface area (Å²) in [4.78, 5) is 16.4. The zero-order chi connectivity index (χ0) is 19.6. The van der Waals surface area contributed by atoms with Gasteiger partial charge in [-0.05, 0) is 43.3 Å². The van der Waals surface area contributed by atoms with E-state index in [0.29, 0.717) is 16.7 Å². The second-order valence-corrected chi connectivity index (χ2v) is 6.16. The van der Waals surface area contributed by atoms with Crippen molar-refractivity contribution in [3.05, 3.63) is 59.9 Å². The monoisotopic (exact) mass is 377 g/mol. The Labute approximate surface area is 153 Å². The third-order valence-corrected chi connectivity index (χ3v) is 4.11. The molecule has 0 spiro atoms. The number of rotatable bonds is 5.